The van der Waals surface area contributed by atoms with Gasteiger partial charge in [0.25, 0.3) is 0 Å². The average molecular weight is 980 g/mol. The van der Waals surface area contributed by atoms with E-state index in [1.54, 1.807) is 0 Å². The first-order chi connectivity index (χ1) is 35.0. The van der Waals surface area contributed by atoms with E-state index in [2.05, 4.69) is 148 Å². The van der Waals surface area contributed by atoms with Crippen LogP contribution in [0.25, 0.3) is 0 Å². The van der Waals surface area contributed by atoms with Crippen LogP contribution in [0, 0.1) is 0 Å². The third-order valence-electron chi connectivity index (χ3n) is 11.4. The van der Waals surface area contributed by atoms with Gasteiger partial charge in [-0.1, -0.05) is 237 Å². The highest BCUT2D eigenvalue weighted by Crippen LogP contribution is 2.14. The van der Waals surface area contributed by atoms with Crippen molar-refractivity contribution in [3.05, 3.63) is 146 Å². The molecule has 0 N–H and O–H groups in total. The van der Waals surface area contributed by atoms with Crippen LogP contribution in [0.15, 0.2) is 146 Å². The van der Waals surface area contributed by atoms with Crippen molar-refractivity contribution in [1.82, 2.24) is 0 Å². The van der Waals surface area contributed by atoms with E-state index in [0.29, 0.717) is 19.3 Å². The van der Waals surface area contributed by atoms with E-state index in [9.17, 15) is 14.4 Å². The summed E-state index contributed by atoms with van der Waals surface area (Å²) < 4.78 is 16.8. The second kappa shape index (κ2) is 57.9. The number of carbonyl (C=O) groups excluding carboxylic acids is 3. The molecule has 0 heterocycles. The third kappa shape index (κ3) is 56.1. The molecule has 0 radical (unpaired) electrons. The SMILES string of the molecule is CC\C=C/C=C\C=C/C=C\CCCCCCCC(=O)OCC(COC(=O)CCCCC/C=C\C/C=C\C/C=C\C/C=C\C/C=C\CC)OC(=O)CCCCCCCCCCC/C=C\C/C=C\C/C=C\CC. The van der Waals surface area contributed by atoms with Gasteiger partial charge in [0.15, 0.2) is 6.10 Å². The van der Waals surface area contributed by atoms with Crippen LogP contribution >= 0.6 is 0 Å². The molecule has 0 aliphatic rings. The smallest absolute Gasteiger partial charge is 0.306 e. The van der Waals surface area contributed by atoms with Crippen LogP contribution in [-0.4, -0.2) is 37.2 Å². The molecule has 6 heteroatoms. The molecule has 0 aliphatic carbocycles. The normalized spacial score (nSPS) is 13.2. The number of esters is 3. The zero-order valence-electron chi connectivity index (χ0n) is 45.4. The first kappa shape index (κ1) is 66.3. The van der Waals surface area contributed by atoms with Crippen LogP contribution in [-0.2, 0) is 28.6 Å². The van der Waals surface area contributed by atoms with Crippen molar-refractivity contribution in [2.45, 2.75) is 232 Å². The van der Waals surface area contributed by atoms with Gasteiger partial charge in [0.2, 0.25) is 0 Å². The number of allylic oxidation sites excluding steroid dienone is 24. The standard InChI is InChI=1S/C65H102O6/c1-4-7-10-13-16-19-22-25-28-30-32-34-37-40-43-46-49-52-55-58-64(67)70-61-62(60-69-63(66)57-54-51-48-45-42-39-36-27-24-21-18-15-12-9-6-3)71-65(68)59-56-53-50-47-44-41-38-35-33-31-29-26-23-20-17-14-11-8-5-2/h7-12,15-21,24-29,32,34,36,40,43,62H,4-6,13-14,22-23,30-31,33,35,37-39,41-42,44-61H2,1-3H3/b10-7-,11-8-,12-9-,18-15-,19-16-,20-17-,24-21-,28-25-,29-26-,34-32-,36-27-,43-40-. The Kier molecular flexibility index (Phi) is 54.0. The molecule has 6 nitrogen and oxygen atoms in total. The number of unbranched alkanes of at least 4 members (excludes halogenated alkanes) is 17. The van der Waals surface area contributed by atoms with Crippen molar-refractivity contribution in [3.63, 3.8) is 0 Å². The molecule has 1 atom stereocenters. The molecule has 0 fully saturated rings. The van der Waals surface area contributed by atoms with Crippen LogP contribution in [0.3, 0.4) is 0 Å². The highest BCUT2D eigenvalue weighted by Gasteiger charge is 2.19. The maximum Gasteiger partial charge on any atom is 0.306 e. The second-order valence-electron chi connectivity index (χ2n) is 18.1. The van der Waals surface area contributed by atoms with Crippen molar-refractivity contribution in [1.29, 1.82) is 0 Å². The molecule has 0 aromatic rings. The monoisotopic (exact) mass is 979 g/mol. The summed E-state index contributed by atoms with van der Waals surface area (Å²) in [6.45, 7) is 6.21. The lowest BCUT2D eigenvalue weighted by Crippen LogP contribution is -2.30. The molecule has 0 amide bonds. The van der Waals surface area contributed by atoms with Gasteiger partial charge in [-0.05, 0) is 116 Å². The molecule has 0 saturated carbocycles. The molecule has 71 heavy (non-hydrogen) atoms. The molecule has 0 aromatic carbocycles. The van der Waals surface area contributed by atoms with Crippen molar-refractivity contribution in [2.24, 2.45) is 0 Å². The maximum atomic E-state index is 12.9. The van der Waals surface area contributed by atoms with Crippen molar-refractivity contribution in [2.75, 3.05) is 13.2 Å². The van der Waals surface area contributed by atoms with E-state index < -0.39 is 6.10 Å². The van der Waals surface area contributed by atoms with Gasteiger partial charge >= 0.3 is 17.9 Å². The van der Waals surface area contributed by atoms with E-state index in [0.717, 1.165) is 148 Å². The lowest BCUT2D eigenvalue weighted by Gasteiger charge is -2.18. The minimum atomic E-state index is -0.812. The van der Waals surface area contributed by atoms with Crippen LogP contribution in [0.4, 0.5) is 0 Å². The number of ether oxygens (including phenoxy) is 3. The van der Waals surface area contributed by atoms with Gasteiger partial charge in [-0.2, -0.15) is 0 Å². The molecular weight excluding hydrogens is 877 g/mol. The van der Waals surface area contributed by atoms with E-state index >= 15 is 0 Å². The summed E-state index contributed by atoms with van der Waals surface area (Å²) >= 11 is 0. The highest BCUT2D eigenvalue weighted by atomic mass is 16.6. The first-order valence-corrected chi connectivity index (χ1v) is 28.4. The fraction of sp³-hybridized carbons (Fsp3) is 0.585. The number of carbonyl (C=O) groups is 3. The summed E-state index contributed by atoms with van der Waals surface area (Å²) in [4.78, 5) is 38.2. The first-order valence-electron chi connectivity index (χ1n) is 28.4. The predicted molar refractivity (Wildman–Crippen MR) is 306 cm³/mol. The average Bonchev–Trinajstić information content (AvgIpc) is 3.37. The van der Waals surface area contributed by atoms with Crippen molar-refractivity contribution >= 4 is 17.9 Å². The van der Waals surface area contributed by atoms with Crippen LogP contribution in [0.1, 0.15) is 226 Å². The molecule has 0 saturated heterocycles. The van der Waals surface area contributed by atoms with Gasteiger partial charge in [0, 0.05) is 19.3 Å². The number of hydrogen-bond donors (Lipinski definition) is 0. The Morgan fingerprint density at radius 2 is 0.577 bits per heavy atom. The zero-order valence-corrected chi connectivity index (χ0v) is 45.4. The quantitative estimate of drug-likeness (QED) is 0.0199. The molecule has 0 aliphatic heterocycles. The summed E-state index contributed by atoms with van der Waals surface area (Å²) in [6.07, 6.45) is 82.6. The summed E-state index contributed by atoms with van der Waals surface area (Å²) in [5, 5.41) is 0. The second-order valence-corrected chi connectivity index (χ2v) is 18.1. The van der Waals surface area contributed by atoms with Crippen LogP contribution < -0.4 is 0 Å². The molecular formula is C65H102O6. The fourth-order valence-electron chi connectivity index (χ4n) is 7.26. The molecule has 398 valence electrons. The Labute approximate surface area is 436 Å². The summed E-state index contributed by atoms with van der Waals surface area (Å²) in [5.41, 5.74) is 0. The Bertz CT molecular complexity index is 1590. The van der Waals surface area contributed by atoms with Gasteiger partial charge < -0.3 is 14.2 Å². The Morgan fingerprint density at radius 1 is 0.296 bits per heavy atom. The van der Waals surface area contributed by atoms with Gasteiger partial charge in [-0.15, -0.1) is 0 Å². The van der Waals surface area contributed by atoms with E-state index in [4.69, 9.17) is 14.2 Å². The Morgan fingerprint density at radius 3 is 0.972 bits per heavy atom. The minimum absolute atomic E-state index is 0.109. The third-order valence-corrected chi connectivity index (χ3v) is 11.4. The Balaban J connectivity index is 4.51. The maximum absolute atomic E-state index is 12.9. The van der Waals surface area contributed by atoms with Gasteiger partial charge in [0.05, 0.1) is 0 Å². The summed E-state index contributed by atoms with van der Waals surface area (Å²) in [6, 6.07) is 0. The van der Waals surface area contributed by atoms with E-state index in [1.165, 1.54) is 38.5 Å². The lowest BCUT2D eigenvalue weighted by atomic mass is 10.1. The highest BCUT2D eigenvalue weighted by molar-refractivity contribution is 5.71. The van der Waals surface area contributed by atoms with E-state index in [1.807, 2.05) is 18.2 Å². The molecule has 0 aromatic heterocycles. The fourth-order valence-corrected chi connectivity index (χ4v) is 7.26. The van der Waals surface area contributed by atoms with Gasteiger partial charge in [-0.25, -0.2) is 0 Å². The largest absolute Gasteiger partial charge is 0.462 e. The number of rotatable bonds is 49. The summed E-state index contributed by atoms with van der Waals surface area (Å²) in [5.74, 6) is -0.974. The zero-order chi connectivity index (χ0) is 51.4. The lowest BCUT2D eigenvalue weighted by molar-refractivity contribution is -0.167. The number of hydrogen-bond acceptors (Lipinski definition) is 6. The minimum Gasteiger partial charge on any atom is -0.462 e. The molecule has 0 rings (SSSR count). The Hall–Kier alpha value is -4.71. The molecule has 0 spiro atoms. The van der Waals surface area contributed by atoms with Gasteiger partial charge in [0.1, 0.15) is 13.2 Å². The topological polar surface area (TPSA) is 78.9 Å². The van der Waals surface area contributed by atoms with Crippen LogP contribution in [0.5, 0.6) is 0 Å². The van der Waals surface area contributed by atoms with Crippen molar-refractivity contribution in [3.8, 4) is 0 Å². The van der Waals surface area contributed by atoms with Gasteiger partial charge in [-0.3, -0.25) is 14.4 Å². The summed E-state index contributed by atoms with van der Waals surface area (Å²) in [7, 11) is 0. The predicted octanol–water partition coefficient (Wildman–Crippen LogP) is 19.2. The van der Waals surface area contributed by atoms with E-state index in [-0.39, 0.29) is 31.1 Å². The molecule has 1 unspecified atom stereocenters. The molecule has 0 bridgehead atoms. The van der Waals surface area contributed by atoms with Crippen molar-refractivity contribution < 1.29 is 28.6 Å². The van der Waals surface area contributed by atoms with Crippen LogP contribution in [0.2, 0.25) is 0 Å².